The van der Waals surface area contributed by atoms with Crippen molar-refractivity contribution in [3.63, 3.8) is 0 Å². The van der Waals surface area contributed by atoms with Gasteiger partial charge in [-0.05, 0) is 18.1 Å². The van der Waals surface area contributed by atoms with E-state index in [0.717, 1.165) is 23.5 Å². The number of benzene rings is 1. The Balaban J connectivity index is 1.69. The molecule has 2 aliphatic carbocycles. The number of allylic oxidation sites excluding steroid dienone is 1. The molecule has 0 amide bonds. The van der Waals surface area contributed by atoms with E-state index in [4.69, 9.17) is 10.7 Å². The smallest absolute Gasteiger partial charge is 0.118 e. The van der Waals surface area contributed by atoms with Gasteiger partial charge in [0.2, 0.25) is 0 Å². The van der Waals surface area contributed by atoms with Gasteiger partial charge in [-0.25, -0.2) is 4.98 Å². The van der Waals surface area contributed by atoms with Crippen molar-refractivity contribution in [1.82, 2.24) is 9.88 Å². The summed E-state index contributed by atoms with van der Waals surface area (Å²) in [4.78, 5) is 8.35. The van der Waals surface area contributed by atoms with E-state index in [1.54, 1.807) is 11.3 Å². The molecule has 4 rings (SSSR count). The molecule has 0 radical (unpaired) electrons. The van der Waals surface area contributed by atoms with Gasteiger partial charge in [-0.1, -0.05) is 36.4 Å². The van der Waals surface area contributed by atoms with Gasteiger partial charge in [-0.3, -0.25) is 0 Å². The van der Waals surface area contributed by atoms with Crippen molar-refractivity contribution in [2.24, 2.45) is 5.73 Å². The van der Waals surface area contributed by atoms with Crippen LogP contribution in [0.3, 0.4) is 0 Å². The molecule has 2 aromatic rings. The molecule has 1 atom stereocenters. The van der Waals surface area contributed by atoms with Crippen LogP contribution in [-0.2, 0) is 12.0 Å². The van der Waals surface area contributed by atoms with Crippen LogP contribution in [0.4, 0.5) is 0 Å². The Labute approximate surface area is 134 Å². The second-order valence-corrected chi connectivity index (χ2v) is 7.31. The summed E-state index contributed by atoms with van der Waals surface area (Å²) in [6, 6.07) is 8.53. The van der Waals surface area contributed by atoms with Gasteiger partial charge in [-0.2, -0.15) is 0 Å². The Hall–Kier alpha value is -1.91. The first-order valence-electron chi connectivity index (χ1n) is 7.51. The highest BCUT2D eigenvalue weighted by molar-refractivity contribution is 7.12. The quantitative estimate of drug-likeness (QED) is 0.790. The van der Waals surface area contributed by atoms with Crippen molar-refractivity contribution in [2.45, 2.75) is 18.4 Å². The zero-order valence-corrected chi connectivity index (χ0v) is 13.7. The highest BCUT2D eigenvalue weighted by Crippen LogP contribution is 2.42. The summed E-state index contributed by atoms with van der Waals surface area (Å²) in [6.07, 6.45) is 8.18. The van der Waals surface area contributed by atoms with E-state index in [9.17, 15) is 0 Å². The molecule has 2 N–H and O–H groups in total. The molecular formula is C18H19N3S. The monoisotopic (exact) mass is 309 g/mol. The maximum absolute atomic E-state index is 6.62. The molecule has 0 spiro atoms. The van der Waals surface area contributed by atoms with Crippen molar-refractivity contribution in [3.8, 4) is 11.3 Å². The van der Waals surface area contributed by atoms with Crippen molar-refractivity contribution in [2.75, 3.05) is 14.1 Å². The minimum atomic E-state index is -0.469. The van der Waals surface area contributed by atoms with Crippen LogP contribution in [0.15, 0.2) is 48.2 Å². The molecule has 3 nitrogen and oxygen atoms in total. The Morgan fingerprint density at radius 1 is 1.27 bits per heavy atom. The van der Waals surface area contributed by atoms with Gasteiger partial charge in [0.1, 0.15) is 5.01 Å². The summed E-state index contributed by atoms with van der Waals surface area (Å²) in [6.45, 7) is 0. The topological polar surface area (TPSA) is 42.1 Å². The fourth-order valence-electron chi connectivity index (χ4n) is 3.09. The molecule has 1 aromatic heterocycles. The third kappa shape index (κ3) is 2.02. The predicted octanol–water partition coefficient (Wildman–Crippen LogP) is 3.27. The van der Waals surface area contributed by atoms with Crippen molar-refractivity contribution in [3.05, 3.63) is 63.6 Å². The van der Waals surface area contributed by atoms with Crippen LogP contribution < -0.4 is 5.73 Å². The highest BCUT2D eigenvalue weighted by Gasteiger charge is 2.33. The van der Waals surface area contributed by atoms with E-state index in [1.807, 2.05) is 0 Å². The minimum absolute atomic E-state index is 0.469. The third-order valence-electron chi connectivity index (χ3n) is 4.44. The number of hydrogen-bond donors (Lipinski definition) is 1. The third-order valence-corrected chi connectivity index (χ3v) is 5.68. The molecule has 0 bridgehead atoms. The number of aromatic nitrogens is 1. The predicted molar refractivity (Wildman–Crippen MR) is 91.7 cm³/mol. The summed E-state index contributed by atoms with van der Waals surface area (Å²) in [5, 5.41) is 1.03. The molecule has 22 heavy (non-hydrogen) atoms. The summed E-state index contributed by atoms with van der Waals surface area (Å²) in [5.74, 6) is 0. The highest BCUT2D eigenvalue weighted by atomic mass is 32.1. The van der Waals surface area contributed by atoms with Gasteiger partial charge < -0.3 is 10.6 Å². The zero-order valence-electron chi connectivity index (χ0n) is 12.8. The normalized spacial score (nSPS) is 22.2. The minimum Gasteiger partial charge on any atom is -0.378 e. The van der Waals surface area contributed by atoms with Gasteiger partial charge >= 0.3 is 0 Å². The second-order valence-electron chi connectivity index (χ2n) is 6.23. The first kappa shape index (κ1) is 13.7. The van der Waals surface area contributed by atoms with Crippen LogP contribution in [0.25, 0.3) is 11.3 Å². The van der Waals surface area contributed by atoms with Crippen LogP contribution in [0.2, 0.25) is 0 Å². The Morgan fingerprint density at radius 3 is 2.82 bits per heavy atom. The van der Waals surface area contributed by atoms with E-state index in [0.29, 0.717) is 0 Å². The van der Waals surface area contributed by atoms with Crippen LogP contribution in [0, 0.1) is 0 Å². The lowest BCUT2D eigenvalue weighted by Gasteiger charge is -2.27. The molecule has 1 unspecified atom stereocenters. The fraction of sp³-hybridized carbons (Fsp3) is 0.278. The van der Waals surface area contributed by atoms with Crippen LogP contribution in [0.1, 0.15) is 21.9 Å². The Morgan fingerprint density at radius 2 is 2.09 bits per heavy atom. The molecule has 0 fully saturated rings. The number of rotatable bonds is 2. The van der Waals surface area contributed by atoms with E-state index >= 15 is 0 Å². The first-order chi connectivity index (χ1) is 10.6. The summed E-state index contributed by atoms with van der Waals surface area (Å²) >= 11 is 1.76. The van der Waals surface area contributed by atoms with E-state index < -0.39 is 5.54 Å². The molecule has 112 valence electrons. The molecule has 4 heteroatoms. The molecule has 2 aliphatic rings. The number of fused-ring (bicyclic) bond motifs is 3. The lowest BCUT2D eigenvalue weighted by atomic mass is 9.92. The number of nitrogens with zero attached hydrogens (tertiary/aromatic N) is 2. The first-order valence-corrected chi connectivity index (χ1v) is 8.32. The number of hydrogen-bond acceptors (Lipinski definition) is 4. The molecular weight excluding hydrogens is 290 g/mol. The van der Waals surface area contributed by atoms with Gasteiger partial charge in [0, 0.05) is 36.7 Å². The number of thiazole rings is 1. The lowest BCUT2D eigenvalue weighted by Crippen LogP contribution is -2.35. The second kappa shape index (κ2) is 4.80. The number of likely N-dealkylation sites (N-methyl/N-ethyl adjacent to an activating group) is 1. The average Bonchev–Trinajstić information content (AvgIpc) is 3.05. The lowest BCUT2D eigenvalue weighted by molar-refractivity contribution is 0.495. The maximum Gasteiger partial charge on any atom is 0.118 e. The molecule has 1 heterocycles. The van der Waals surface area contributed by atoms with Gasteiger partial charge in [0.05, 0.1) is 11.2 Å². The van der Waals surface area contributed by atoms with Crippen molar-refractivity contribution in [1.29, 1.82) is 0 Å². The fourth-order valence-corrected chi connectivity index (χ4v) is 4.29. The zero-order chi connectivity index (χ0) is 15.3. The van der Waals surface area contributed by atoms with E-state index in [1.165, 1.54) is 21.7 Å². The van der Waals surface area contributed by atoms with E-state index in [2.05, 4.69) is 61.5 Å². The molecule has 0 aliphatic heterocycles. The summed E-state index contributed by atoms with van der Waals surface area (Å²) < 4.78 is 0. The number of nitrogens with two attached hydrogens (primary N) is 1. The van der Waals surface area contributed by atoms with Gasteiger partial charge in [0.25, 0.3) is 0 Å². The van der Waals surface area contributed by atoms with Gasteiger partial charge in [0.15, 0.2) is 0 Å². The van der Waals surface area contributed by atoms with Crippen molar-refractivity contribution < 1.29 is 0 Å². The standard InChI is InChI=1S/C18H19N3S/c1-21(2)13-7-9-18(19,10-8-13)17-20-16-14-6-4-3-5-12(14)11-15(16)22-17/h3-9H,10-11,19H2,1-2H3. The summed E-state index contributed by atoms with van der Waals surface area (Å²) in [5.41, 5.74) is 11.1. The average molecular weight is 309 g/mol. The van der Waals surface area contributed by atoms with Crippen LogP contribution in [-0.4, -0.2) is 24.0 Å². The maximum atomic E-state index is 6.62. The van der Waals surface area contributed by atoms with Crippen LogP contribution >= 0.6 is 11.3 Å². The largest absolute Gasteiger partial charge is 0.378 e. The van der Waals surface area contributed by atoms with Crippen molar-refractivity contribution >= 4 is 11.3 Å². The molecule has 1 aromatic carbocycles. The molecule has 0 saturated heterocycles. The van der Waals surface area contributed by atoms with Crippen LogP contribution in [0.5, 0.6) is 0 Å². The Bertz CT molecular complexity index is 800. The summed E-state index contributed by atoms with van der Waals surface area (Å²) in [7, 11) is 4.10. The van der Waals surface area contributed by atoms with E-state index in [-0.39, 0.29) is 0 Å². The SMILES string of the molecule is CN(C)C1=CCC(N)(c2nc3c(s2)Cc2ccccc2-3)C=C1. The molecule has 0 saturated carbocycles. The Kier molecular flexibility index (Phi) is 2.99. The van der Waals surface area contributed by atoms with Gasteiger partial charge in [-0.15, -0.1) is 11.3 Å².